The SMILES string of the molecule is O=P(O)(O)O.O=P([O-])([O-])[O-].O=P([O-])([O-])[O-].P.[Ba+2].[Mg+2].[Sr+2]. The molecule has 1 atom stereocenters. The number of rotatable bonds is 0. The predicted octanol–water partition coefficient (Wildman–Crippen LogP) is -7.66. The molecule has 0 radical (unpaired) electrons. The molecule has 19 heavy (non-hydrogen) atoms. The zero-order valence-electron chi connectivity index (χ0n) is 9.19. The van der Waals surface area contributed by atoms with Crippen molar-refractivity contribution in [3.8, 4) is 0 Å². The van der Waals surface area contributed by atoms with Gasteiger partial charge in [-0.1, -0.05) is 0 Å². The second-order valence-electron chi connectivity index (χ2n) is 1.41. The van der Waals surface area contributed by atoms with Gasteiger partial charge in [-0.3, -0.25) is 0 Å². The monoisotopic (exact) mass is 572 g/mol. The summed E-state index contributed by atoms with van der Waals surface area (Å²) < 4.78 is 26.0. The molecule has 0 saturated heterocycles. The van der Waals surface area contributed by atoms with Gasteiger partial charge in [0.15, 0.2) is 0 Å². The minimum atomic E-state index is -5.39. The Labute approximate surface area is 204 Å². The Bertz CT molecular complexity index is 216. The Morgan fingerprint density at radius 1 is 0.684 bits per heavy atom. The van der Waals surface area contributed by atoms with Crippen LogP contribution in [0.4, 0.5) is 0 Å². The molecule has 104 valence electrons. The fourth-order valence-electron chi connectivity index (χ4n) is 0. The maximum absolute atomic E-state index is 8.88. The van der Waals surface area contributed by atoms with E-state index in [2.05, 4.69) is 0 Å². The van der Waals surface area contributed by atoms with Gasteiger partial charge < -0.3 is 53.2 Å². The maximum atomic E-state index is 8.88. The van der Waals surface area contributed by atoms with E-state index in [1.54, 1.807) is 0 Å². The van der Waals surface area contributed by atoms with Gasteiger partial charge in [-0.05, 0) is 0 Å². The summed E-state index contributed by atoms with van der Waals surface area (Å²) >= 11 is 0. The average Bonchev–Trinajstić information content (AvgIpc) is 1.41. The summed E-state index contributed by atoms with van der Waals surface area (Å²) in [5.41, 5.74) is 0. The molecule has 0 saturated carbocycles. The normalized spacial score (nSPS) is 9.32. The average molecular weight is 571 g/mol. The first kappa shape index (κ1) is 43.7. The number of hydrogen-bond donors (Lipinski definition) is 3. The first-order valence-electron chi connectivity index (χ1n) is 2.24. The second kappa shape index (κ2) is 20.6. The van der Waals surface area contributed by atoms with E-state index in [9.17, 15) is 0 Å². The largest absolute Gasteiger partial charge is 2.00 e. The van der Waals surface area contributed by atoms with Crippen LogP contribution in [0.3, 0.4) is 0 Å². The molecule has 0 heterocycles. The minimum Gasteiger partial charge on any atom is -0.822 e. The predicted molar refractivity (Wildman–Crippen MR) is 57.8 cm³/mol. The molecule has 0 spiro atoms. The molecule has 0 aromatic rings. The van der Waals surface area contributed by atoms with Crippen LogP contribution in [0.1, 0.15) is 0 Å². The topological polar surface area (TPSA) is 250 Å². The van der Waals surface area contributed by atoms with Crippen molar-refractivity contribution in [3.05, 3.63) is 0 Å². The third-order valence-electron chi connectivity index (χ3n) is 0. The number of phosphoric acid groups is 3. The quantitative estimate of drug-likeness (QED) is 0.181. The van der Waals surface area contributed by atoms with Crippen LogP contribution >= 0.6 is 33.4 Å². The van der Waals surface area contributed by atoms with Crippen LogP contribution in [0.25, 0.3) is 0 Å². The molecule has 0 aromatic carbocycles. The van der Waals surface area contributed by atoms with E-state index in [-0.39, 0.29) is 127 Å². The van der Waals surface area contributed by atoms with Gasteiger partial charge in [0.05, 0.1) is 0 Å². The van der Waals surface area contributed by atoms with E-state index >= 15 is 0 Å². The summed E-state index contributed by atoms with van der Waals surface area (Å²) in [6.45, 7) is 0. The van der Waals surface area contributed by atoms with Crippen molar-refractivity contribution >= 4 is 151 Å². The van der Waals surface area contributed by atoms with Gasteiger partial charge in [0, 0.05) is 0 Å². The standard InChI is InChI=1S/Ba.Mg.3H3O4P.H3P.Sr/c;;3*1-5(2,3)4;;/h;;3*(H3,1,2,3,4);1H3;/q2*+2;;;;;+2/p-6. The molecule has 1 unspecified atom stereocenters. The molecule has 19 heteroatoms. The van der Waals surface area contributed by atoms with Crippen molar-refractivity contribution in [2.45, 2.75) is 0 Å². The van der Waals surface area contributed by atoms with Gasteiger partial charge in [0.1, 0.15) is 0 Å². The summed E-state index contributed by atoms with van der Waals surface area (Å²) in [5, 5.41) is 0. The molecule has 0 aliphatic rings. The van der Waals surface area contributed by atoms with E-state index in [0.29, 0.717) is 0 Å². The zero-order chi connectivity index (χ0) is 13.5. The Morgan fingerprint density at radius 3 is 0.684 bits per heavy atom. The molecular formula is H6BaMgO12P4Sr. The van der Waals surface area contributed by atoms with E-state index in [0.717, 1.165) is 0 Å². The fraction of sp³-hybridized carbons (Fsp3) is 0. The Balaban J connectivity index is -0.0000000206. The maximum Gasteiger partial charge on any atom is 2.00 e. The minimum absolute atomic E-state index is 0. The Kier molecular flexibility index (Phi) is 47.5. The molecule has 0 rings (SSSR count). The van der Waals surface area contributed by atoms with Crippen LogP contribution in [-0.2, 0) is 13.7 Å². The van der Waals surface area contributed by atoms with Crippen LogP contribution in [-0.4, -0.2) is 132 Å². The zero-order valence-corrected chi connectivity index (χ0v) is 22.6. The summed E-state index contributed by atoms with van der Waals surface area (Å²) in [5.74, 6) is 0. The van der Waals surface area contributed by atoms with Gasteiger partial charge in [-0.15, -0.1) is 0 Å². The fourth-order valence-corrected chi connectivity index (χ4v) is 0. The van der Waals surface area contributed by atoms with Gasteiger partial charge >= 0.3 is 125 Å². The molecule has 12 nitrogen and oxygen atoms in total. The third kappa shape index (κ3) is 456. The van der Waals surface area contributed by atoms with Crippen molar-refractivity contribution < 1.29 is 57.7 Å². The van der Waals surface area contributed by atoms with Crippen LogP contribution in [0.15, 0.2) is 0 Å². The Hall–Kier alpha value is 4.58. The summed E-state index contributed by atoms with van der Waals surface area (Å²) in [6.07, 6.45) is 0. The van der Waals surface area contributed by atoms with Gasteiger partial charge in [-0.2, -0.15) is 25.5 Å². The van der Waals surface area contributed by atoms with Gasteiger partial charge in [0.2, 0.25) is 0 Å². The van der Waals surface area contributed by atoms with Crippen molar-refractivity contribution in [2.75, 3.05) is 0 Å². The second-order valence-corrected chi connectivity index (χ2v) is 4.22. The van der Waals surface area contributed by atoms with E-state index in [1.807, 2.05) is 0 Å². The molecule has 0 aliphatic carbocycles. The first-order valence-corrected chi connectivity index (χ1v) is 6.73. The summed E-state index contributed by atoms with van der Waals surface area (Å²) in [4.78, 5) is 72.9. The Morgan fingerprint density at radius 2 is 0.684 bits per heavy atom. The smallest absolute Gasteiger partial charge is 0.822 e. The number of hydrogen-bond acceptors (Lipinski definition) is 9. The van der Waals surface area contributed by atoms with Crippen molar-refractivity contribution in [1.29, 1.82) is 0 Å². The molecule has 0 amide bonds. The van der Waals surface area contributed by atoms with Crippen molar-refractivity contribution in [3.63, 3.8) is 0 Å². The third-order valence-corrected chi connectivity index (χ3v) is 0. The molecular weight excluding hydrogens is 565 g/mol. The van der Waals surface area contributed by atoms with E-state index in [4.69, 9.17) is 57.7 Å². The van der Waals surface area contributed by atoms with Gasteiger partial charge in [-0.25, -0.2) is 4.57 Å². The van der Waals surface area contributed by atoms with Crippen molar-refractivity contribution in [2.24, 2.45) is 0 Å². The van der Waals surface area contributed by atoms with E-state index < -0.39 is 23.5 Å². The van der Waals surface area contributed by atoms with Crippen LogP contribution in [0, 0.1) is 0 Å². The van der Waals surface area contributed by atoms with Crippen LogP contribution in [0.5, 0.6) is 0 Å². The first-order chi connectivity index (χ1) is 6.00. The van der Waals surface area contributed by atoms with Crippen LogP contribution in [0.2, 0.25) is 0 Å². The van der Waals surface area contributed by atoms with Crippen molar-refractivity contribution in [1.82, 2.24) is 0 Å². The van der Waals surface area contributed by atoms with Gasteiger partial charge in [0.25, 0.3) is 0 Å². The summed E-state index contributed by atoms with van der Waals surface area (Å²) in [6, 6.07) is 0. The van der Waals surface area contributed by atoms with Crippen LogP contribution < -0.4 is 29.4 Å². The van der Waals surface area contributed by atoms with E-state index in [1.165, 1.54) is 0 Å². The summed E-state index contributed by atoms with van der Waals surface area (Å²) in [7, 11) is -15.4. The molecule has 0 fully saturated rings. The molecule has 0 bridgehead atoms. The molecule has 0 aliphatic heterocycles. The molecule has 3 N–H and O–H groups in total. The molecule has 0 aromatic heterocycles.